The van der Waals surface area contributed by atoms with Gasteiger partial charge in [0.2, 0.25) is 5.91 Å². The van der Waals surface area contributed by atoms with Crippen LogP contribution in [0.1, 0.15) is 22.3 Å². The molecule has 1 aromatic rings. The van der Waals surface area contributed by atoms with Crippen LogP contribution in [-0.2, 0) is 16.1 Å². The number of alkyl halides is 2. The largest absolute Gasteiger partial charge is 0.465 e. The zero-order valence-electron chi connectivity index (χ0n) is 11.9. The molecule has 1 amide bonds. The number of ether oxygens (including phenoxy) is 1. The first-order chi connectivity index (χ1) is 9.91. The quantitative estimate of drug-likeness (QED) is 0.819. The number of nitrogens with one attached hydrogen (secondary N) is 2. The fourth-order valence-corrected chi connectivity index (χ4v) is 2.14. The van der Waals surface area contributed by atoms with Crippen LogP contribution in [0.25, 0.3) is 0 Å². The van der Waals surface area contributed by atoms with Gasteiger partial charge in [-0.15, -0.1) is 12.4 Å². The first-order valence-corrected chi connectivity index (χ1v) is 6.47. The number of esters is 1. The van der Waals surface area contributed by atoms with Crippen LogP contribution in [0, 0.1) is 0 Å². The molecule has 2 rings (SSSR count). The minimum Gasteiger partial charge on any atom is -0.465 e. The Balaban J connectivity index is 0.00000242. The molecule has 8 heteroatoms. The van der Waals surface area contributed by atoms with E-state index in [1.165, 1.54) is 7.11 Å². The molecule has 22 heavy (non-hydrogen) atoms. The fourth-order valence-electron chi connectivity index (χ4n) is 2.14. The van der Waals surface area contributed by atoms with Crippen molar-refractivity contribution in [3.8, 4) is 0 Å². The number of rotatable bonds is 4. The molecule has 0 spiro atoms. The normalized spacial score (nSPS) is 19.1. The van der Waals surface area contributed by atoms with E-state index >= 15 is 0 Å². The van der Waals surface area contributed by atoms with Crippen molar-refractivity contribution in [2.75, 3.05) is 13.7 Å². The molecule has 122 valence electrons. The standard InChI is InChI=1S/C14H16F2N2O3.ClH/c1-21-13(20)10-4-2-3-9(5-10)7-17-12(19)11-6-14(15,16)8-18-11;/h2-5,11,18H,6-8H2,1H3,(H,17,19);1H. The molecule has 1 saturated heterocycles. The van der Waals surface area contributed by atoms with Crippen LogP contribution in [0.5, 0.6) is 0 Å². The number of amides is 1. The summed E-state index contributed by atoms with van der Waals surface area (Å²) in [7, 11) is 1.28. The Morgan fingerprint density at radius 1 is 1.45 bits per heavy atom. The molecule has 1 aliphatic rings. The fraction of sp³-hybridized carbons (Fsp3) is 0.429. The van der Waals surface area contributed by atoms with Gasteiger partial charge in [-0.25, -0.2) is 13.6 Å². The van der Waals surface area contributed by atoms with Crippen molar-refractivity contribution in [1.29, 1.82) is 0 Å². The van der Waals surface area contributed by atoms with Crippen LogP contribution in [-0.4, -0.2) is 37.5 Å². The van der Waals surface area contributed by atoms with Crippen LogP contribution in [0.2, 0.25) is 0 Å². The third-order valence-corrected chi connectivity index (χ3v) is 3.24. The van der Waals surface area contributed by atoms with Crippen LogP contribution < -0.4 is 10.6 Å². The summed E-state index contributed by atoms with van der Waals surface area (Å²) >= 11 is 0. The number of carbonyl (C=O) groups is 2. The lowest BCUT2D eigenvalue weighted by Gasteiger charge is -2.11. The first kappa shape index (κ1) is 18.3. The molecule has 1 heterocycles. The van der Waals surface area contributed by atoms with E-state index < -0.39 is 36.8 Å². The lowest BCUT2D eigenvalue weighted by Crippen LogP contribution is -2.40. The zero-order chi connectivity index (χ0) is 15.5. The molecular formula is C14H17ClF2N2O3. The topological polar surface area (TPSA) is 67.4 Å². The van der Waals surface area contributed by atoms with Gasteiger partial charge in [-0.1, -0.05) is 12.1 Å². The van der Waals surface area contributed by atoms with Crippen molar-refractivity contribution in [1.82, 2.24) is 10.6 Å². The summed E-state index contributed by atoms with van der Waals surface area (Å²) in [5.74, 6) is -3.79. The van der Waals surface area contributed by atoms with Crippen LogP contribution in [0.15, 0.2) is 24.3 Å². The highest BCUT2D eigenvalue weighted by atomic mass is 35.5. The lowest BCUT2D eigenvalue weighted by molar-refractivity contribution is -0.123. The van der Waals surface area contributed by atoms with Gasteiger partial charge < -0.3 is 10.1 Å². The lowest BCUT2D eigenvalue weighted by atomic mass is 10.1. The number of hydrogen-bond acceptors (Lipinski definition) is 4. The third kappa shape index (κ3) is 4.64. The first-order valence-electron chi connectivity index (χ1n) is 6.47. The summed E-state index contributed by atoms with van der Waals surface area (Å²) in [4.78, 5) is 23.2. The van der Waals surface area contributed by atoms with Crippen molar-refractivity contribution >= 4 is 24.3 Å². The van der Waals surface area contributed by atoms with Crippen molar-refractivity contribution < 1.29 is 23.1 Å². The predicted octanol–water partition coefficient (Wildman–Crippen LogP) is 1.51. The second-order valence-electron chi connectivity index (χ2n) is 4.90. The molecule has 1 aromatic carbocycles. The highest BCUT2D eigenvalue weighted by molar-refractivity contribution is 5.89. The van der Waals surface area contributed by atoms with Gasteiger partial charge in [-0.2, -0.15) is 0 Å². The van der Waals surface area contributed by atoms with Crippen molar-refractivity contribution in [3.05, 3.63) is 35.4 Å². The molecular weight excluding hydrogens is 318 g/mol. The Morgan fingerprint density at radius 3 is 2.77 bits per heavy atom. The molecule has 1 atom stereocenters. The summed E-state index contributed by atoms with van der Waals surface area (Å²) < 4.78 is 30.6. The number of halogens is 3. The number of carbonyl (C=O) groups excluding carboxylic acids is 2. The molecule has 1 unspecified atom stereocenters. The van der Waals surface area contributed by atoms with E-state index in [0.717, 1.165) is 0 Å². The smallest absolute Gasteiger partial charge is 0.337 e. The van der Waals surface area contributed by atoms with Gasteiger partial charge in [0, 0.05) is 13.0 Å². The SMILES string of the molecule is COC(=O)c1cccc(CNC(=O)C2CC(F)(F)CN2)c1.Cl. The zero-order valence-corrected chi connectivity index (χ0v) is 12.7. The molecule has 0 radical (unpaired) electrons. The van der Waals surface area contributed by atoms with E-state index in [4.69, 9.17) is 0 Å². The second-order valence-corrected chi connectivity index (χ2v) is 4.90. The van der Waals surface area contributed by atoms with Gasteiger partial charge in [0.05, 0.1) is 25.3 Å². The van der Waals surface area contributed by atoms with E-state index in [-0.39, 0.29) is 19.0 Å². The van der Waals surface area contributed by atoms with E-state index in [0.29, 0.717) is 11.1 Å². The summed E-state index contributed by atoms with van der Waals surface area (Å²) in [6, 6.07) is 5.68. The van der Waals surface area contributed by atoms with Gasteiger partial charge in [0.25, 0.3) is 5.92 Å². The van der Waals surface area contributed by atoms with E-state index in [1.54, 1.807) is 24.3 Å². The Labute approximate surface area is 132 Å². The van der Waals surface area contributed by atoms with Gasteiger partial charge in [0.15, 0.2) is 0 Å². The van der Waals surface area contributed by atoms with Crippen molar-refractivity contribution in [2.45, 2.75) is 24.9 Å². The molecule has 0 saturated carbocycles. The number of hydrogen-bond donors (Lipinski definition) is 2. The van der Waals surface area contributed by atoms with Crippen LogP contribution >= 0.6 is 12.4 Å². The monoisotopic (exact) mass is 334 g/mol. The third-order valence-electron chi connectivity index (χ3n) is 3.24. The summed E-state index contributed by atoms with van der Waals surface area (Å²) in [5.41, 5.74) is 1.06. The minimum absolute atomic E-state index is 0. The Morgan fingerprint density at radius 2 is 2.18 bits per heavy atom. The summed E-state index contributed by atoms with van der Waals surface area (Å²) in [6.07, 6.45) is -0.499. The average molecular weight is 335 g/mol. The van der Waals surface area contributed by atoms with E-state index in [1.807, 2.05) is 0 Å². The molecule has 0 bridgehead atoms. The van der Waals surface area contributed by atoms with E-state index in [9.17, 15) is 18.4 Å². The van der Waals surface area contributed by atoms with Crippen LogP contribution in [0.3, 0.4) is 0 Å². The predicted molar refractivity (Wildman–Crippen MR) is 78.2 cm³/mol. The van der Waals surface area contributed by atoms with Gasteiger partial charge in [-0.3, -0.25) is 10.1 Å². The van der Waals surface area contributed by atoms with Gasteiger partial charge in [0.1, 0.15) is 0 Å². The summed E-state index contributed by atoms with van der Waals surface area (Å²) in [5, 5.41) is 5.06. The molecule has 1 fully saturated rings. The average Bonchev–Trinajstić information content (AvgIpc) is 2.84. The second kappa shape index (κ2) is 7.51. The number of methoxy groups -OCH3 is 1. The minimum atomic E-state index is -2.84. The van der Waals surface area contributed by atoms with Crippen molar-refractivity contribution in [2.24, 2.45) is 0 Å². The highest BCUT2D eigenvalue weighted by Gasteiger charge is 2.42. The Bertz CT molecular complexity index is 555. The van der Waals surface area contributed by atoms with Gasteiger partial charge >= 0.3 is 5.97 Å². The van der Waals surface area contributed by atoms with E-state index in [2.05, 4.69) is 15.4 Å². The Kier molecular flexibility index (Phi) is 6.25. The Hall–Kier alpha value is -1.73. The molecule has 1 aliphatic heterocycles. The van der Waals surface area contributed by atoms with Crippen LogP contribution in [0.4, 0.5) is 8.78 Å². The maximum absolute atomic E-state index is 13.0. The molecule has 2 N–H and O–H groups in total. The molecule has 0 aliphatic carbocycles. The van der Waals surface area contributed by atoms with Crippen molar-refractivity contribution in [3.63, 3.8) is 0 Å². The summed E-state index contributed by atoms with van der Waals surface area (Å²) in [6.45, 7) is -0.323. The van der Waals surface area contributed by atoms with Gasteiger partial charge in [-0.05, 0) is 17.7 Å². The molecule has 5 nitrogen and oxygen atoms in total. The number of benzene rings is 1. The maximum Gasteiger partial charge on any atom is 0.337 e. The molecule has 0 aromatic heterocycles. The highest BCUT2D eigenvalue weighted by Crippen LogP contribution is 2.25. The maximum atomic E-state index is 13.0.